The van der Waals surface area contributed by atoms with Crippen LogP contribution in [0.1, 0.15) is 24.7 Å². The van der Waals surface area contributed by atoms with E-state index in [0.717, 1.165) is 30.0 Å². The van der Waals surface area contributed by atoms with Gasteiger partial charge in [-0.15, -0.1) is 0 Å². The molecule has 140 valence electrons. The van der Waals surface area contributed by atoms with E-state index in [1.54, 1.807) is 12.0 Å². The number of carbonyl (C=O) groups is 1. The number of urea groups is 1. The predicted molar refractivity (Wildman–Crippen MR) is 100.0 cm³/mol. The number of nitrogens with one attached hydrogen (secondary N) is 1. The molecule has 0 aliphatic carbocycles. The lowest BCUT2D eigenvalue weighted by Gasteiger charge is -2.38. The minimum atomic E-state index is -0.118. The molecule has 0 atom stereocenters. The number of nitrogens with zero attached hydrogens (tertiary/aromatic N) is 3. The highest BCUT2D eigenvalue weighted by Crippen LogP contribution is 2.29. The zero-order valence-corrected chi connectivity index (χ0v) is 15.8. The van der Waals surface area contributed by atoms with Crippen molar-refractivity contribution in [2.45, 2.75) is 39.8 Å². The molecule has 0 spiro atoms. The van der Waals surface area contributed by atoms with Crippen molar-refractivity contribution in [3.63, 3.8) is 0 Å². The molecule has 2 amide bonds. The Hall–Kier alpha value is -2.70. The predicted octanol–water partition coefficient (Wildman–Crippen LogP) is 3.21. The maximum Gasteiger partial charge on any atom is 0.322 e. The van der Waals surface area contributed by atoms with E-state index in [0.29, 0.717) is 24.6 Å². The second kappa shape index (κ2) is 7.68. The van der Waals surface area contributed by atoms with Gasteiger partial charge in [0.05, 0.1) is 37.3 Å². The van der Waals surface area contributed by atoms with Crippen LogP contribution in [0.15, 0.2) is 24.3 Å². The molecule has 7 heteroatoms. The molecule has 1 N–H and O–H groups in total. The summed E-state index contributed by atoms with van der Waals surface area (Å²) in [5.41, 5.74) is 2.63. The quantitative estimate of drug-likeness (QED) is 0.861. The van der Waals surface area contributed by atoms with E-state index in [9.17, 15) is 4.79 Å². The van der Waals surface area contributed by atoms with Crippen molar-refractivity contribution in [3.8, 4) is 11.5 Å². The summed E-state index contributed by atoms with van der Waals surface area (Å²) in [4.78, 5) is 14.2. The molecular formula is C19H26N4O3. The van der Waals surface area contributed by atoms with Gasteiger partial charge in [-0.3, -0.25) is 4.68 Å². The first kappa shape index (κ1) is 18.1. The van der Waals surface area contributed by atoms with Gasteiger partial charge in [0, 0.05) is 6.54 Å². The van der Waals surface area contributed by atoms with Crippen LogP contribution in [0.4, 0.5) is 10.5 Å². The lowest BCUT2D eigenvalue weighted by Crippen LogP contribution is -2.57. The van der Waals surface area contributed by atoms with Gasteiger partial charge in [0.2, 0.25) is 0 Å². The van der Waals surface area contributed by atoms with Crippen LogP contribution in [0.3, 0.4) is 0 Å². The minimum absolute atomic E-state index is 0.0259. The van der Waals surface area contributed by atoms with E-state index < -0.39 is 0 Å². The van der Waals surface area contributed by atoms with E-state index in [2.05, 4.69) is 17.3 Å². The molecule has 1 saturated heterocycles. The summed E-state index contributed by atoms with van der Waals surface area (Å²) < 4.78 is 13.2. The zero-order chi connectivity index (χ0) is 18.7. The van der Waals surface area contributed by atoms with Crippen LogP contribution in [-0.4, -0.2) is 47.0 Å². The average Bonchev–Trinajstić information content (AvgIpc) is 2.85. The monoisotopic (exact) mass is 358 g/mol. The molecule has 7 nitrogen and oxygen atoms in total. The first-order chi connectivity index (χ1) is 12.5. The fourth-order valence-electron chi connectivity index (χ4n) is 3.07. The summed E-state index contributed by atoms with van der Waals surface area (Å²) in [5.74, 6) is 1.40. The van der Waals surface area contributed by atoms with Crippen molar-refractivity contribution < 1.29 is 14.3 Å². The number of anilines is 1. The highest BCUT2D eigenvalue weighted by molar-refractivity contribution is 5.91. The number of para-hydroxylation sites is 2. The van der Waals surface area contributed by atoms with Crippen molar-refractivity contribution in [1.82, 2.24) is 14.7 Å². The number of carbonyl (C=O) groups excluding carboxylic acids is 1. The molecule has 0 saturated carbocycles. The first-order valence-electron chi connectivity index (χ1n) is 8.93. The van der Waals surface area contributed by atoms with Crippen LogP contribution in [0.5, 0.6) is 11.5 Å². The normalized spacial score (nSPS) is 14.1. The van der Waals surface area contributed by atoms with Crippen molar-refractivity contribution in [3.05, 3.63) is 35.7 Å². The van der Waals surface area contributed by atoms with Gasteiger partial charge in [-0.1, -0.05) is 19.1 Å². The Balaban J connectivity index is 1.56. The number of benzene rings is 1. The number of hydrogen-bond acceptors (Lipinski definition) is 4. The Morgan fingerprint density at radius 2 is 1.96 bits per heavy atom. The number of aromatic nitrogens is 2. The molecule has 1 fully saturated rings. The molecule has 26 heavy (non-hydrogen) atoms. The van der Waals surface area contributed by atoms with Crippen LogP contribution in [0, 0.1) is 13.8 Å². The fraction of sp³-hybridized carbons (Fsp3) is 0.474. The first-order valence-corrected chi connectivity index (χ1v) is 8.93. The van der Waals surface area contributed by atoms with Gasteiger partial charge in [-0.05, 0) is 32.4 Å². The van der Waals surface area contributed by atoms with Gasteiger partial charge in [0.15, 0.2) is 11.5 Å². The van der Waals surface area contributed by atoms with Crippen molar-refractivity contribution in [2.75, 3.05) is 25.5 Å². The average molecular weight is 358 g/mol. The van der Waals surface area contributed by atoms with Gasteiger partial charge < -0.3 is 19.7 Å². The van der Waals surface area contributed by atoms with E-state index in [1.807, 2.05) is 42.8 Å². The molecule has 2 heterocycles. The molecule has 0 radical (unpaired) electrons. The molecule has 2 aromatic rings. The van der Waals surface area contributed by atoms with Crippen molar-refractivity contribution in [2.24, 2.45) is 0 Å². The second-order valence-corrected chi connectivity index (χ2v) is 6.49. The van der Waals surface area contributed by atoms with Crippen LogP contribution in [0.2, 0.25) is 0 Å². The fourth-order valence-corrected chi connectivity index (χ4v) is 3.07. The lowest BCUT2D eigenvalue weighted by atomic mass is 10.2. The summed E-state index contributed by atoms with van der Waals surface area (Å²) in [6, 6.07) is 7.41. The maximum atomic E-state index is 12.5. The van der Waals surface area contributed by atoms with Crippen molar-refractivity contribution >= 4 is 11.7 Å². The summed E-state index contributed by atoms with van der Waals surface area (Å²) in [6.07, 6.45) is 0.978. The van der Waals surface area contributed by atoms with Crippen molar-refractivity contribution in [1.29, 1.82) is 0 Å². The third kappa shape index (κ3) is 3.61. The third-order valence-electron chi connectivity index (χ3n) is 4.55. The maximum absolute atomic E-state index is 12.5. The smallest absolute Gasteiger partial charge is 0.322 e. The standard InChI is InChI=1S/C19H26N4O3/c1-5-10-23-14(3)18(13(2)21-23)20-19(24)22-11-15(12-22)26-17-9-7-6-8-16(17)25-4/h6-9,15H,5,10-12H2,1-4H3,(H,20,24). The number of ether oxygens (including phenoxy) is 2. The molecule has 1 aliphatic heterocycles. The number of rotatable bonds is 6. The third-order valence-corrected chi connectivity index (χ3v) is 4.55. The van der Waals surface area contributed by atoms with E-state index >= 15 is 0 Å². The Kier molecular flexibility index (Phi) is 5.35. The van der Waals surface area contributed by atoms with E-state index in [-0.39, 0.29) is 12.1 Å². The minimum Gasteiger partial charge on any atom is -0.493 e. The van der Waals surface area contributed by atoms with Crippen LogP contribution in [0.25, 0.3) is 0 Å². The Morgan fingerprint density at radius 1 is 1.27 bits per heavy atom. The highest BCUT2D eigenvalue weighted by atomic mass is 16.5. The van der Waals surface area contributed by atoms with E-state index in [4.69, 9.17) is 9.47 Å². The number of likely N-dealkylation sites (tertiary alicyclic amines) is 1. The summed E-state index contributed by atoms with van der Waals surface area (Å²) in [6.45, 7) is 7.95. The number of aryl methyl sites for hydroxylation is 2. The van der Waals surface area contributed by atoms with Gasteiger partial charge in [0.25, 0.3) is 0 Å². The lowest BCUT2D eigenvalue weighted by molar-refractivity contribution is 0.0474. The largest absolute Gasteiger partial charge is 0.493 e. The van der Waals surface area contributed by atoms with Crippen LogP contribution >= 0.6 is 0 Å². The SMILES string of the molecule is CCCn1nc(C)c(NC(=O)N2CC(Oc3ccccc3OC)C2)c1C. The number of amides is 2. The molecule has 0 bridgehead atoms. The van der Waals surface area contributed by atoms with Gasteiger partial charge in [-0.25, -0.2) is 4.79 Å². The van der Waals surface area contributed by atoms with Gasteiger partial charge in [0.1, 0.15) is 6.10 Å². The molecule has 3 rings (SSSR count). The Morgan fingerprint density at radius 3 is 2.62 bits per heavy atom. The van der Waals surface area contributed by atoms with Crippen LogP contribution in [-0.2, 0) is 6.54 Å². The Labute approximate surface area is 153 Å². The molecule has 1 aliphatic rings. The van der Waals surface area contributed by atoms with Gasteiger partial charge >= 0.3 is 6.03 Å². The van der Waals surface area contributed by atoms with Crippen LogP contribution < -0.4 is 14.8 Å². The molecule has 0 unspecified atom stereocenters. The van der Waals surface area contributed by atoms with Gasteiger partial charge in [-0.2, -0.15) is 5.10 Å². The molecular weight excluding hydrogens is 332 g/mol. The second-order valence-electron chi connectivity index (χ2n) is 6.49. The summed E-state index contributed by atoms with van der Waals surface area (Å²) in [7, 11) is 1.62. The highest BCUT2D eigenvalue weighted by Gasteiger charge is 2.33. The molecule has 1 aromatic heterocycles. The zero-order valence-electron chi connectivity index (χ0n) is 15.8. The molecule has 1 aromatic carbocycles. The summed E-state index contributed by atoms with van der Waals surface area (Å²) in [5, 5.41) is 7.48. The number of hydrogen-bond donors (Lipinski definition) is 1. The Bertz CT molecular complexity index is 781. The summed E-state index contributed by atoms with van der Waals surface area (Å²) >= 11 is 0. The van der Waals surface area contributed by atoms with E-state index in [1.165, 1.54) is 0 Å². The number of methoxy groups -OCH3 is 1. The topological polar surface area (TPSA) is 68.6 Å².